The Kier molecular flexibility index (Phi) is 14.1. The number of hydrogen-bond donors (Lipinski definition) is 8. The first kappa shape index (κ1) is 32.0. The van der Waals surface area contributed by atoms with E-state index in [0.717, 1.165) is 6.92 Å². The van der Waals surface area contributed by atoms with Gasteiger partial charge >= 0.3 is 5.97 Å². The van der Waals surface area contributed by atoms with E-state index >= 15 is 0 Å². The van der Waals surface area contributed by atoms with Gasteiger partial charge in [-0.3, -0.25) is 29.0 Å². The molecule has 36 heavy (non-hydrogen) atoms. The summed E-state index contributed by atoms with van der Waals surface area (Å²) in [5.74, 6) is -4.78. The highest BCUT2D eigenvalue weighted by Gasteiger charge is 2.37. The molecule has 1 aliphatic heterocycles. The van der Waals surface area contributed by atoms with Gasteiger partial charge in [0.1, 0.15) is 18.1 Å². The first-order valence-electron chi connectivity index (χ1n) is 11.1. The third kappa shape index (κ3) is 12.5. The molecule has 0 radical (unpaired) electrons. The van der Waals surface area contributed by atoms with Crippen LogP contribution in [-0.2, 0) is 28.8 Å². The number of nitrogens with two attached hydrogens (primary N) is 4. The molecule has 0 bridgehead atoms. The van der Waals surface area contributed by atoms with Crippen molar-refractivity contribution in [1.82, 2.24) is 15.5 Å². The summed E-state index contributed by atoms with van der Waals surface area (Å²) in [6.45, 7) is 2.99. The van der Waals surface area contributed by atoms with E-state index in [1.807, 2.05) is 0 Å². The number of carboxylic acid groups (broad SMARTS) is 2. The second kappa shape index (κ2) is 15.9. The van der Waals surface area contributed by atoms with E-state index < -0.39 is 59.7 Å². The second-order valence-corrected chi connectivity index (χ2v) is 8.06. The van der Waals surface area contributed by atoms with Gasteiger partial charge in [-0.05, 0) is 32.6 Å². The molecule has 16 nitrogen and oxygen atoms in total. The van der Waals surface area contributed by atoms with Crippen molar-refractivity contribution in [3.8, 4) is 0 Å². The third-order valence-electron chi connectivity index (χ3n) is 4.89. The minimum absolute atomic E-state index is 0.0999. The summed E-state index contributed by atoms with van der Waals surface area (Å²) in [7, 11) is 0. The van der Waals surface area contributed by atoms with E-state index in [2.05, 4.69) is 15.6 Å². The summed E-state index contributed by atoms with van der Waals surface area (Å²) in [5, 5.41) is 21.6. The molecule has 16 heteroatoms. The molecule has 4 amide bonds. The maximum atomic E-state index is 12.8. The zero-order chi connectivity index (χ0) is 28.0. The minimum atomic E-state index is -1.22. The van der Waals surface area contributed by atoms with Gasteiger partial charge in [0.05, 0.1) is 12.5 Å². The van der Waals surface area contributed by atoms with Gasteiger partial charge in [-0.1, -0.05) is 0 Å². The molecule has 0 unspecified atom stereocenters. The molecule has 1 heterocycles. The normalized spacial score (nSPS) is 16.9. The topological polar surface area (TPSA) is 287 Å². The lowest BCUT2D eigenvalue weighted by Gasteiger charge is -2.28. The van der Waals surface area contributed by atoms with Crippen LogP contribution in [0.4, 0.5) is 0 Å². The van der Waals surface area contributed by atoms with Crippen molar-refractivity contribution >= 4 is 41.5 Å². The van der Waals surface area contributed by atoms with Crippen molar-refractivity contribution in [3.05, 3.63) is 0 Å². The molecular weight excluding hydrogens is 480 g/mol. The number of aliphatic carboxylic acids is 2. The molecule has 0 spiro atoms. The number of primary amides is 1. The molecule has 1 fully saturated rings. The molecule has 204 valence electrons. The van der Waals surface area contributed by atoms with E-state index in [-0.39, 0.29) is 31.9 Å². The molecule has 12 N–H and O–H groups in total. The molecule has 0 aliphatic carbocycles. The molecule has 0 saturated carbocycles. The van der Waals surface area contributed by atoms with E-state index in [1.165, 1.54) is 11.8 Å². The molecule has 0 aromatic heterocycles. The van der Waals surface area contributed by atoms with Gasteiger partial charge in [-0.2, -0.15) is 0 Å². The average molecular weight is 517 g/mol. The minimum Gasteiger partial charge on any atom is -0.481 e. The molecule has 1 aliphatic rings. The van der Waals surface area contributed by atoms with Crippen LogP contribution in [0.3, 0.4) is 0 Å². The Hall–Kier alpha value is -3.95. The smallest absolute Gasteiger partial charge is 0.326 e. The van der Waals surface area contributed by atoms with Crippen molar-refractivity contribution in [2.75, 3.05) is 13.1 Å². The highest BCUT2D eigenvalue weighted by molar-refractivity contribution is 5.95. The lowest BCUT2D eigenvalue weighted by atomic mass is 10.1. The fourth-order valence-corrected chi connectivity index (χ4v) is 3.27. The van der Waals surface area contributed by atoms with E-state index in [1.54, 1.807) is 0 Å². The number of rotatable bonds is 12. The summed E-state index contributed by atoms with van der Waals surface area (Å²) < 4.78 is 0. The zero-order valence-corrected chi connectivity index (χ0v) is 20.3. The van der Waals surface area contributed by atoms with Crippen molar-refractivity contribution in [1.29, 1.82) is 0 Å². The summed E-state index contributed by atoms with van der Waals surface area (Å²) in [4.78, 5) is 73.9. The number of carbonyl (C=O) groups excluding carboxylic acids is 4. The standard InChI is InChI=1S/C18H32N8O6.C2H4O2/c1-9(24-14(28)10(19)8-13(20)27)16(30)26-7-3-5-12(26)15(29)25-11(17(31)32)4-2-6-23-18(21)22;1-2(3)4/h9-12H,2-8,19H2,1H3,(H2,20,27)(H,24,28)(H,25,29)(H,31,32)(H4,21,22,23);1H3,(H,3,4)/t9-,10-,11-,12-;/m0./s1. The van der Waals surface area contributed by atoms with Crippen molar-refractivity contribution in [2.45, 2.75) is 70.1 Å². The Labute approximate surface area is 207 Å². The summed E-state index contributed by atoms with van der Waals surface area (Å²) in [6, 6.07) is -4.25. The Bertz CT molecular complexity index is 842. The van der Waals surface area contributed by atoms with Crippen molar-refractivity contribution < 1.29 is 39.0 Å². The Morgan fingerprint density at radius 3 is 2.17 bits per heavy atom. The average Bonchev–Trinajstić information content (AvgIpc) is 3.23. The molecule has 4 atom stereocenters. The number of nitrogens with zero attached hydrogens (tertiary/aromatic N) is 2. The largest absolute Gasteiger partial charge is 0.481 e. The monoisotopic (exact) mass is 516 g/mol. The van der Waals surface area contributed by atoms with Gasteiger partial charge in [0.2, 0.25) is 23.6 Å². The van der Waals surface area contributed by atoms with E-state index in [9.17, 15) is 29.1 Å². The summed E-state index contributed by atoms with van der Waals surface area (Å²) in [5.41, 5.74) is 21.0. The zero-order valence-electron chi connectivity index (χ0n) is 20.3. The molecule has 1 rings (SSSR count). The molecule has 0 aromatic carbocycles. The van der Waals surface area contributed by atoms with E-state index in [0.29, 0.717) is 19.3 Å². The maximum Gasteiger partial charge on any atom is 0.326 e. The maximum absolute atomic E-state index is 12.8. The van der Waals surface area contributed by atoms with Gasteiger partial charge in [-0.25, -0.2) is 4.79 Å². The second-order valence-electron chi connectivity index (χ2n) is 8.06. The Morgan fingerprint density at radius 2 is 1.67 bits per heavy atom. The van der Waals surface area contributed by atoms with Crippen LogP contribution in [0.5, 0.6) is 0 Å². The molecule has 0 aromatic rings. The van der Waals surface area contributed by atoms with Crippen LogP contribution in [0.2, 0.25) is 0 Å². The van der Waals surface area contributed by atoms with Crippen LogP contribution in [0.15, 0.2) is 4.99 Å². The number of likely N-dealkylation sites (tertiary alicyclic amines) is 1. The third-order valence-corrected chi connectivity index (χ3v) is 4.89. The lowest BCUT2D eigenvalue weighted by molar-refractivity contribution is -0.145. The molecule has 1 saturated heterocycles. The van der Waals surface area contributed by atoms with Crippen LogP contribution in [0, 0.1) is 0 Å². The lowest BCUT2D eigenvalue weighted by Crippen LogP contribution is -2.56. The predicted molar refractivity (Wildman–Crippen MR) is 127 cm³/mol. The number of aliphatic imine (C=N–C) groups is 1. The van der Waals surface area contributed by atoms with Gasteiger partial charge in [0.15, 0.2) is 5.96 Å². The number of hydrogen-bond acceptors (Lipinski definition) is 8. The predicted octanol–water partition coefficient (Wildman–Crippen LogP) is -3.60. The highest BCUT2D eigenvalue weighted by Crippen LogP contribution is 2.19. The van der Waals surface area contributed by atoms with Crippen LogP contribution in [-0.4, -0.2) is 93.9 Å². The van der Waals surface area contributed by atoms with Crippen LogP contribution in [0.1, 0.15) is 46.0 Å². The fraction of sp³-hybridized carbons (Fsp3) is 0.650. The van der Waals surface area contributed by atoms with Crippen molar-refractivity contribution in [3.63, 3.8) is 0 Å². The SMILES string of the molecule is CC(=O)O.C[C@H](NC(=O)[C@@H](N)CC(N)=O)C(=O)N1CCC[C@H]1C(=O)N[C@@H](CCCN=C(N)N)C(=O)O. The van der Waals surface area contributed by atoms with E-state index in [4.69, 9.17) is 32.8 Å². The Morgan fingerprint density at radius 1 is 1.08 bits per heavy atom. The summed E-state index contributed by atoms with van der Waals surface area (Å²) in [6.07, 6.45) is 0.939. The number of nitrogens with one attached hydrogen (secondary N) is 2. The Balaban J connectivity index is 0.00000283. The number of amides is 4. The van der Waals surface area contributed by atoms with Gasteiger partial charge in [0, 0.05) is 20.0 Å². The summed E-state index contributed by atoms with van der Waals surface area (Å²) >= 11 is 0. The molecular formula is C20H36N8O8. The van der Waals surface area contributed by atoms with Crippen LogP contribution >= 0.6 is 0 Å². The first-order valence-corrected chi connectivity index (χ1v) is 11.1. The van der Waals surface area contributed by atoms with Gasteiger partial charge in [0.25, 0.3) is 5.97 Å². The van der Waals surface area contributed by atoms with Gasteiger partial charge < -0.3 is 48.7 Å². The number of carbonyl (C=O) groups is 6. The number of carboxylic acids is 2. The fourth-order valence-electron chi connectivity index (χ4n) is 3.27. The van der Waals surface area contributed by atoms with Gasteiger partial charge in [-0.15, -0.1) is 0 Å². The quantitative estimate of drug-likeness (QED) is 0.0711. The van der Waals surface area contributed by atoms with Crippen LogP contribution < -0.4 is 33.6 Å². The van der Waals surface area contributed by atoms with Crippen molar-refractivity contribution in [2.24, 2.45) is 27.9 Å². The van der Waals surface area contributed by atoms with Crippen LogP contribution in [0.25, 0.3) is 0 Å². The highest BCUT2D eigenvalue weighted by atomic mass is 16.4. The first-order chi connectivity index (χ1) is 16.7. The number of guanidine groups is 1.